The van der Waals surface area contributed by atoms with E-state index in [4.69, 9.17) is 0 Å². The summed E-state index contributed by atoms with van der Waals surface area (Å²) in [7, 11) is 0. The number of nitro benzene ring substituents is 1. The number of para-hydroxylation sites is 2. The molecule has 120 valence electrons. The van der Waals surface area contributed by atoms with Gasteiger partial charge in [-0.1, -0.05) is 24.3 Å². The molecule has 0 N–H and O–H groups in total. The van der Waals surface area contributed by atoms with Gasteiger partial charge < -0.3 is 0 Å². The largest absolute Gasteiger partial charge is 0.293 e. The van der Waals surface area contributed by atoms with E-state index in [0.29, 0.717) is 11.1 Å². The normalized spacial score (nSPS) is 10.6. The van der Waals surface area contributed by atoms with Gasteiger partial charge in [0.05, 0.1) is 4.92 Å². The van der Waals surface area contributed by atoms with E-state index in [1.807, 2.05) is 0 Å². The Bertz CT molecular complexity index is 978. The number of halogens is 1. The van der Waals surface area contributed by atoms with Crippen LogP contribution >= 0.6 is 0 Å². The standard InChI is InChI=1S/C18H13FN2O3/c1-12-10-18(22)20(16-4-2-3-5-17(16)21(23)24)11-15(12)13-6-8-14(19)9-7-13/h2-11H,1H3. The molecule has 0 radical (unpaired) electrons. The fraction of sp³-hybridized carbons (Fsp3) is 0.0556. The highest BCUT2D eigenvalue weighted by molar-refractivity contribution is 5.67. The van der Waals surface area contributed by atoms with Crippen molar-refractivity contribution in [3.63, 3.8) is 0 Å². The number of hydrogen-bond donors (Lipinski definition) is 0. The Kier molecular flexibility index (Phi) is 3.95. The molecule has 3 rings (SSSR count). The summed E-state index contributed by atoms with van der Waals surface area (Å²) in [6, 6.07) is 13.3. The van der Waals surface area contributed by atoms with Gasteiger partial charge in [-0.3, -0.25) is 19.5 Å². The van der Waals surface area contributed by atoms with E-state index in [-0.39, 0.29) is 22.8 Å². The molecule has 0 unspecified atom stereocenters. The molecular formula is C18H13FN2O3. The van der Waals surface area contributed by atoms with Crippen molar-refractivity contribution < 1.29 is 9.31 Å². The van der Waals surface area contributed by atoms with Crippen LogP contribution in [0.25, 0.3) is 16.8 Å². The van der Waals surface area contributed by atoms with E-state index in [0.717, 1.165) is 5.56 Å². The summed E-state index contributed by atoms with van der Waals surface area (Å²) in [6.45, 7) is 1.77. The molecule has 0 bridgehead atoms. The number of rotatable bonds is 3. The van der Waals surface area contributed by atoms with Crippen LogP contribution < -0.4 is 5.56 Å². The van der Waals surface area contributed by atoms with Crippen molar-refractivity contribution in [3.8, 4) is 16.8 Å². The molecule has 1 heterocycles. The molecule has 2 aromatic carbocycles. The summed E-state index contributed by atoms with van der Waals surface area (Å²) in [6.07, 6.45) is 1.55. The van der Waals surface area contributed by atoms with Gasteiger partial charge in [0.25, 0.3) is 11.2 Å². The Morgan fingerprint density at radius 1 is 1.08 bits per heavy atom. The lowest BCUT2D eigenvalue weighted by atomic mass is 10.0. The van der Waals surface area contributed by atoms with Crippen LogP contribution in [0.5, 0.6) is 0 Å². The number of aromatic nitrogens is 1. The summed E-state index contributed by atoms with van der Waals surface area (Å²) in [5.74, 6) is -0.358. The maximum Gasteiger partial charge on any atom is 0.293 e. The zero-order chi connectivity index (χ0) is 17.3. The molecule has 6 heteroatoms. The first-order chi connectivity index (χ1) is 11.5. The van der Waals surface area contributed by atoms with Crippen LogP contribution in [-0.4, -0.2) is 9.49 Å². The highest BCUT2D eigenvalue weighted by Crippen LogP contribution is 2.26. The first-order valence-corrected chi connectivity index (χ1v) is 7.20. The molecule has 0 aliphatic heterocycles. The van der Waals surface area contributed by atoms with E-state index in [2.05, 4.69) is 0 Å². The molecule has 0 aliphatic rings. The summed E-state index contributed by atoms with van der Waals surface area (Å²) in [5, 5.41) is 11.2. The topological polar surface area (TPSA) is 65.1 Å². The first-order valence-electron chi connectivity index (χ1n) is 7.20. The summed E-state index contributed by atoms with van der Waals surface area (Å²) in [5.41, 5.74) is 1.80. The Balaban J connectivity index is 2.24. The first kappa shape index (κ1) is 15.6. The second kappa shape index (κ2) is 6.08. The smallest absolute Gasteiger partial charge is 0.277 e. The van der Waals surface area contributed by atoms with Crippen molar-refractivity contribution in [2.24, 2.45) is 0 Å². The van der Waals surface area contributed by atoms with Crippen molar-refractivity contribution in [1.82, 2.24) is 4.57 Å². The monoisotopic (exact) mass is 324 g/mol. The minimum Gasteiger partial charge on any atom is -0.277 e. The average Bonchev–Trinajstić information content (AvgIpc) is 2.56. The van der Waals surface area contributed by atoms with Gasteiger partial charge in [0.1, 0.15) is 11.5 Å². The zero-order valence-corrected chi connectivity index (χ0v) is 12.8. The van der Waals surface area contributed by atoms with Gasteiger partial charge in [-0.15, -0.1) is 0 Å². The Hall–Kier alpha value is -3.28. The number of pyridine rings is 1. The molecule has 0 fully saturated rings. The highest BCUT2D eigenvalue weighted by Gasteiger charge is 2.16. The summed E-state index contributed by atoms with van der Waals surface area (Å²) in [4.78, 5) is 23.0. The average molecular weight is 324 g/mol. The molecule has 0 saturated heterocycles. The molecule has 3 aromatic rings. The van der Waals surface area contributed by atoms with E-state index in [1.54, 1.807) is 37.4 Å². The summed E-state index contributed by atoms with van der Waals surface area (Å²) < 4.78 is 14.4. The van der Waals surface area contributed by atoms with Crippen LogP contribution in [0.3, 0.4) is 0 Å². The van der Waals surface area contributed by atoms with Gasteiger partial charge in [-0.25, -0.2) is 4.39 Å². The van der Waals surface area contributed by atoms with Gasteiger partial charge in [0, 0.05) is 23.9 Å². The van der Waals surface area contributed by atoms with E-state index >= 15 is 0 Å². The van der Waals surface area contributed by atoms with E-state index < -0.39 is 4.92 Å². The molecule has 0 atom stereocenters. The van der Waals surface area contributed by atoms with Gasteiger partial charge in [0.2, 0.25) is 0 Å². The predicted octanol–water partition coefficient (Wildman–Crippen LogP) is 3.86. The van der Waals surface area contributed by atoms with Crippen molar-refractivity contribution >= 4 is 5.69 Å². The Labute approximate surface area is 136 Å². The molecule has 5 nitrogen and oxygen atoms in total. The Morgan fingerprint density at radius 2 is 1.75 bits per heavy atom. The maximum absolute atomic E-state index is 13.1. The predicted molar refractivity (Wildman–Crippen MR) is 88.8 cm³/mol. The van der Waals surface area contributed by atoms with Crippen molar-refractivity contribution in [2.45, 2.75) is 6.92 Å². The van der Waals surface area contributed by atoms with Crippen LogP contribution in [0.1, 0.15) is 5.56 Å². The summed E-state index contributed by atoms with van der Waals surface area (Å²) >= 11 is 0. The number of benzene rings is 2. The van der Waals surface area contributed by atoms with Crippen LogP contribution in [-0.2, 0) is 0 Å². The van der Waals surface area contributed by atoms with Gasteiger partial charge >= 0.3 is 0 Å². The molecule has 1 aromatic heterocycles. The third kappa shape index (κ3) is 2.81. The van der Waals surface area contributed by atoms with Crippen LogP contribution in [0.15, 0.2) is 65.6 Å². The lowest BCUT2D eigenvalue weighted by Gasteiger charge is -2.11. The fourth-order valence-electron chi connectivity index (χ4n) is 2.57. The minimum atomic E-state index is -0.529. The molecule has 0 spiro atoms. The second-order valence-corrected chi connectivity index (χ2v) is 5.33. The third-order valence-electron chi connectivity index (χ3n) is 3.75. The number of nitro groups is 1. The molecular weight excluding hydrogens is 311 g/mol. The van der Waals surface area contributed by atoms with Gasteiger partial charge in [-0.05, 0) is 36.2 Å². The third-order valence-corrected chi connectivity index (χ3v) is 3.75. The van der Waals surface area contributed by atoms with Crippen LogP contribution in [0.2, 0.25) is 0 Å². The quantitative estimate of drug-likeness (QED) is 0.543. The van der Waals surface area contributed by atoms with Crippen LogP contribution in [0.4, 0.5) is 10.1 Å². The number of hydrogen-bond acceptors (Lipinski definition) is 3. The minimum absolute atomic E-state index is 0.159. The van der Waals surface area contributed by atoms with E-state index in [9.17, 15) is 19.3 Å². The Morgan fingerprint density at radius 3 is 2.42 bits per heavy atom. The number of nitrogens with zero attached hydrogens (tertiary/aromatic N) is 2. The SMILES string of the molecule is Cc1cc(=O)n(-c2ccccc2[N+](=O)[O-])cc1-c1ccc(F)cc1. The maximum atomic E-state index is 13.1. The lowest BCUT2D eigenvalue weighted by Crippen LogP contribution is -2.18. The van der Waals surface area contributed by atoms with Crippen LogP contribution in [0, 0.1) is 22.9 Å². The van der Waals surface area contributed by atoms with E-state index in [1.165, 1.54) is 34.9 Å². The molecule has 0 aliphatic carbocycles. The molecule has 0 saturated carbocycles. The lowest BCUT2D eigenvalue weighted by molar-refractivity contribution is -0.384. The van der Waals surface area contributed by atoms with Gasteiger partial charge in [0.15, 0.2) is 0 Å². The number of aryl methyl sites for hydroxylation is 1. The second-order valence-electron chi connectivity index (χ2n) is 5.33. The van der Waals surface area contributed by atoms with Crippen molar-refractivity contribution in [1.29, 1.82) is 0 Å². The van der Waals surface area contributed by atoms with Gasteiger partial charge in [-0.2, -0.15) is 0 Å². The van der Waals surface area contributed by atoms with Crippen molar-refractivity contribution in [3.05, 3.63) is 92.6 Å². The zero-order valence-electron chi connectivity index (χ0n) is 12.8. The molecule has 0 amide bonds. The van der Waals surface area contributed by atoms with Crippen molar-refractivity contribution in [2.75, 3.05) is 0 Å². The highest BCUT2D eigenvalue weighted by atomic mass is 19.1. The fourth-order valence-corrected chi connectivity index (χ4v) is 2.57. The molecule has 24 heavy (non-hydrogen) atoms.